The largest absolute Gasteiger partial charge is 0.313 e. The second-order valence-corrected chi connectivity index (χ2v) is 2.40. The van der Waals surface area contributed by atoms with E-state index in [2.05, 4.69) is 19.2 Å². The zero-order chi connectivity index (χ0) is 5.28. The molecule has 1 aliphatic rings. The van der Waals surface area contributed by atoms with Crippen molar-refractivity contribution in [3.05, 3.63) is 0 Å². The van der Waals surface area contributed by atoms with Crippen LogP contribution >= 0.6 is 0 Å². The molecule has 7 heavy (non-hydrogen) atoms. The molecule has 2 atom stereocenters. The van der Waals surface area contributed by atoms with Gasteiger partial charge in [0.1, 0.15) is 0 Å². The molecule has 1 rings (SSSR count). The number of hydrogen-bond acceptors (Lipinski definition) is 1. The Bertz CT molecular complexity index is 59.2. The second-order valence-electron chi connectivity index (χ2n) is 2.40. The van der Waals surface area contributed by atoms with E-state index in [0.29, 0.717) is 0 Å². The van der Waals surface area contributed by atoms with Gasteiger partial charge in [-0.2, -0.15) is 0 Å². The summed E-state index contributed by atoms with van der Waals surface area (Å²) in [4.78, 5) is 0. The van der Waals surface area contributed by atoms with Crippen molar-refractivity contribution in [1.82, 2.24) is 5.32 Å². The molecule has 0 amide bonds. The van der Waals surface area contributed by atoms with Gasteiger partial charge < -0.3 is 5.32 Å². The van der Waals surface area contributed by atoms with Crippen LogP contribution in [0.25, 0.3) is 0 Å². The third kappa shape index (κ3) is 0.778. The van der Waals surface area contributed by atoms with Gasteiger partial charge in [0.05, 0.1) is 0 Å². The van der Waals surface area contributed by atoms with E-state index in [1.54, 1.807) is 0 Å². The Hall–Kier alpha value is -0.0400. The Morgan fingerprint density at radius 2 is 2.43 bits per heavy atom. The molecule has 0 aliphatic carbocycles. The maximum atomic E-state index is 3.34. The average molecular weight is 99.2 g/mol. The van der Waals surface area contributed by atoms with E-state index in [1.807, 2.05) is 0 Å². The molecule has 0 spiro atoms. The molecule has 1 N–H and O–H groups in total. The van der Waals surface area contributed by atoms with Gasteiger partial charge in [-0.3, -0.25) is 0 Å². The Balaban J connectivity index is 2.16. The standard InChI is InChI=1S/C6H13N/c1-3-6-5(2)4-7-6/h5-7H,3-4H2,1-2H3. The van der Waals surface area contributed by atoms with E-state index < -0.39 is 0 Å². The molecular formula is C6H13N. The van der Waals surface area contributed by atoms with Crippen molar-refractivity contribution in [2.45, 2.75) is 26.3 Å². The van der Waals surface area contributed by atoms with Crippen molar-refractivity contribution in [2.24, 2.45) is 5.92 Å². The fourth-order valence-corrected chi connectivity index (χ4v) is 1.07. The van der Waals surface area contributed by atoms with Crippen LogP contribution in [0.15, 0.2) is 0 Å². The third-order valence-corrected chi connectivity index (χ3v) is 1.83. The predicted molar refractivity (Wildman–Crippen MR) is 31.2 cm³/mol. The minimum atomic E-state index is 0.833. The lowest BCUT2D eigenvalue weighted by Gasteiger charge is -2.34. The van der Waals surface area contributed by atoms with Crippen molar-refractivity contribution in [1.29, 1.82) is 0 Å². The molecule has 2 unspecified atom stereocenters. The molecule has 1 fully saturated rings. The quantitative estimate of drug-likeness (QED) is 0.517. The highest BCUT2D eigenvalue weighted by Gasteiger charge is 2.22. The molecule has 1 heterocycles. The van der Waals surface area contributed by atoms with Crippen LogP contribution in [0.1, 0.15) is 20.3 Å². The zero-order valence-corrected chi connectivity index (χ0v) is 5.07. The topological polar surface area (TPSA) is 12.0 Å². The Morgan fingerprint density at radius 1 is 1.71 bits per heavy atom. The van der Waals surface area contributed by atoms with Crippen molar-refractivity contribution in [3.63, 3.8) is 0 Å². The van der Waals surface area contributed by atoms with Gasteiger partial charge >= 0.3 is 0 Å². The smallest absolute Gasteiger partial charge is 0.0102 e. The maximum absolute atomic E-state index is 3.34. The summed E-state index contributed by atoms with van der Waals surface area (Å²) in [6.07, 6.45) is 1.29. The fourth-order valence-electron chi connectivity index (χ4n) is 1.07. The second kappa shape index (κ2) is 1.83. The molecule has 42 valence electrons. The van der Waals surface area contributed by atoms with Gasteiger partial charge in [0.25, 0.3) is 0 Å². The van der Waals surface area contributed by atoms with Crippen molar-refractivity contribution in [2.75, 3.05) is 6.54 Å². The van der Waals surface area contributed by atoms with E-state index in [9.17, 15) is 0 Å². The summed E-state index contributed by atoms with van der Waals surface area (Å²) in [6, 6.07) is 0.833. The van der Waals surface area contributed by atoms with Crippen LogP contribution in [-0.4, -0.2) is 12.6 Å². The first-order chi connectivity index (χ1) is 3.34. The normalized spacial score (nSPS) is 40.3. The summed E-state index contributed by atoms with van der Waals surface area (Å²) >= 11 is 0. The Morgan fingerprint density at radius 3 is 2.43 bits per heavy atom. The SMILES string of the molecule is CCC1NCC1C. The molecule has 0 aromatic heterocycles. The summed E-state index contributed by atoms with van der Waals surface area (Å²) in [6.45, 7) is 5.76. The van der Waals surface area contributed by atoms with Crippen LogP contribution in [0.2, 0.25) is 0 Å². The first-order valence-corrected chi connectivity index (χ1v) is 3.08. The van der Waals surface area contributed by atoms with E-state index in [0.717, 1.165) is 12.0 Å². The highest BCUT2D eigenvalue weighted by atomic mass is 15.0. The zero-order valence-electron chi connectivity index (χ0n) is 5.07. The predicted octanol–water partition coefficient (Wildman–Crippen LogP) is 1.00. The lowest BCUT2D eigenvalue weighted by atomic mass is 9.92. The van der Waals surface area contributed by atoms with E-state index in [4.69, 9.17) is 0 Å². The van der Waals surface area contributed by atoms with Crippen LogP contribution in [0.3, 0.4) is 0 Å². The first-order valence-electron chi connectivity index (χ1n) is 3.08. The molecule has 0 radical (unpaired) electrons. The van der Waals surface area contributed by atoms with Crippen molar-refractivity contribution >= 4 is 0 Å². The molecule has 1 nitrogen and oxygen atoms in total. The Labute approximate surface area is 45.1 Å². The first kappa shape index (κ1) is 5.10. The number of hydrogen-bond donors (Lipinski definition) is 1. The van der Waals surface area contributed by atoms with E-state index in [1.165, 1.54) is 13.0 Å². The van der Waals surface area contributed by atoms with Crippen molar-refractivity contribution < 1.29 is 0 Å². The van der Waals surface area contributed by atoms with Gasteiger partial charge in [-0.1, -0.05) is 13.8 Å². The van der Waals surface area contributed by atoms with Gasteiger partial charge in [-0.05, 0) is 18.9 Å². The molecule has 1 heteroatoms. The number of rotatable bonds is 1. The molecule has 0 aromatic rings. The minimum absolute atomic E-state index is 0.833. The van der Waals surface area contributed by atoms with Crippen LogP contribution in [0.4, 0.5) is 0 Å². The lowest BCUT2D eigenvalue weighted by Crippen LogP contribution is -2.50. The highest BCUT2D eigenvalue weighted by molar-refractivity contribution is 4.82. The molecular weight excluding hydrogens is 86.1 g/mol. The average Bonchev–Trinajstić information content (AvgIpc) is 1.65. The third-order valence-electron chi connectivity index (χ3n) is 1.83. The lowest BCUT2D eigenvalue weighted by molar-refractivity contribution is 0.247. The van der Waals surface area contributed by atoms with Crippen LogP contribution in [0.5, 0.6) is 0 Å². The summed E-state index contributed by atoms with van der Waals surface area (Å²) in [5.74, 6) is 0.935. The van der Waals surface area contributed by atoms with Crippen molar-refractivity contribution in [3.8, 4) is 0 Å². The van der Waals surface area contributed by atoms with Gasteiger partial charge in [0.15, 0.2) is 0 Å². The monoisotopic (exact) mass is 99.1 g/mol. The van der Waals surface area contributed by atoms with E-state index >= 15 is 0 Å². The molecule has 0 saturated carbocycles. The molecule has 1 saturated heterocycles. The van der Waals surface area contributed by atoms with Gasteiger partial charge in [0.2, 0.25) is 0 Å². The molecule has 1 aliphatic heterocycles. The van der Waals surface area contributed by atoms with Gasteiger partial charge in [0, 0.05) is 6.04 Å². The number of nitrogens with one attached hydrogen (secondary N) is 1. The van der Waals surface area contributed by atoms with Crippen LogP contribution < -0.4 is 5.32 Å². The minimum Gasteiger partial charge on any atom is -0.313 e. The summed E-state index contributed by atoms with van der Waals surface area (Å²) in [7, 11) is 0. The Kier molecular flexibility index (Phi) is 1.33. The van der Waals surface area contributed by atoms with Gasteiger partial charge in [-0.15, -0.1) is 0 Å². The summed E-state index contributed by atoms with van der Waals surface area (Å²) < 4.78 is 0. The summed E-state index contributed by atoms with van der Waals surface area (Å²) in [5.41, 5.74) is 0. The van der Waals surface area contributed by atoms with Gasteiger partial charge in [-0.25, -0.2) is 0 Å². The van der Waals surface area contributed by atoms with Crippen LogP contribution in [0, 0.1) is 5.92 Å². The maximum Gasteiger partial charge on any atom is 0.0102 e. The highest BCUT2D eigenvalue weighted by Crippen LogP contribution is 2.13. The molecule has 0 bridgehead atoms. The summed E-state index contributed by atoms with van der Waals surface area (Å²) in [5, 5.41) is 3.34. The molecule has 0 aromatic carbocycles. The van der Waals surface area contributed by atoms with Crippen LogP contribution in [-0.2, 0) is 0 Å². The fraction of sp³-hybridized carbons (Fsp3) is 1.00. The van der Waals surface area contributed by atoms with E-state index in [-0.39, 0.29) is 0 Å².